The van der Waals surface area contributed by atoms with Crippen LogP contribution in [0.5, 0.6) is 5.75 Å². The molecule has 6 heterocycles. The third kappa shape index (κ3) is 7.28. The summed E-state index contributed by atoms with van der Waals surface area (Å²) >= 11 is 0. The lowest BCUT2D eigenvalue weighted by Crippen LogP contribution is -2.81. The number of carbonyl (C=O) groups is 3. The average Bonchev–Trinajstić information content (AvgIpc) is 3.97. The summed E-state index contributed by atoms with van der Waals surface area (Å²) in [6.07, 6.45) is 4.04. The van der Waals surface area contributed by atoms with Gasteiger partial charge in [-0.1, -0.05) is 55.0 Å². The number of nitrogens with one attached hydrogen (secondary N) is 1. The number of benzene rings is 3. The van der Waals surface area contributed by atoms with E-state index in [0.717, 1.165) is 34.5 Å². The summed E-state index contributed by atoms with van der Waals surface area (Å²) in [4.78, 5) is 52.4. The summed E-state index contributed by atoms with van der Waals surface area (Å²) in [5.74, 6) is -5.92. The topological polar surface area (TPSA) is 188 Å². The minimum absolute atomic E-state index is 0.0666. The molecule has 1 unspecified atom stereocenters. The van der Waals surface area contributed by atoms with Crippen molar-refractivity contribution in [3.63, 3.8) is 0 Å². The van der Waals surface area contributed by atoms with E-state index in [2.05, 4.69) is 14.8 Å². The number of nitrogens with zero attached hydrogens (tertiary/aromatic N) is 3. The van der Waals surface area contributed by atoms with Gasteiger partial charge in [0.2, 0.25) is 11.5 Å². The third-order valence-corrected chi connectivity index (χ3v) is 17.5. The van der Waals surface area contributed by atoms with Crippen molar-refractivity contribution < 1.29 is 60.2 Å². The molecule has 5 aliphatic heterocycles. The zero-order valence-corrected chi connectivity index (χ0v) is 41.6. The van der Waals surface area contributed by atoms with E-state index in [1.165, 1.54) is 40.4 Å². The number of rotatable bonds is 8. The number of anilines is 1. The van der Waals surface area contributed by atoms with Crippen LogP contribution in [0.2, 0.25) is 0 Å². The molecule has 1 spiro atoms. The molecule has 70 heavy (non-hydrogen) atoms. The number of fused-ring (bicyclic) bond motifs is 6. The fourth-order valence-corrected chi connectivity index (χ4v) is 14.4. The quantitative estimate of drug-likeness (QED) is 0.0770. The Balaban J connectivity index is 0.000000490. The number of hydrogen-bond donors (Lipinski definition) is 3. The lowest BCUT2D eigenvalue weighted by Gasteiger charge is -2.63. The second-order valence-electron chi connectivity index (χ2n) is 20.3. The Kier molecular flexibility index (Phi) is 12.3. The van der Waals surface area contributed by atoms with Gasteiger partial charge in [-0.05, 0) is 87.4 Å². The summed E-state index contributed by atoms with van der Waals surface area (Å²) < 4.78 is 83.9. The Morgan fingerprint density at radius 1 is 0.971 bits per heavy atom. The van der Waals surface area contributed by atoms with Gasteiger partial charge in [-0.15, -0.1) is 0 Å². The van der Waals surface area contributed by atoms with E-state index < -0.39 is 73.9 Å². The number of esters is 3. The number of H-pyrrole nitrogens is 1. The Morgan fingerprint density at radius 2 is 1.67 bits per heavy atom. The molecule has 0 amide bonds. The van der Waals surface area contributed by atoms with Gasteiger partial charge in [-0.2, -0.15) is 8.42 Å². The van der Waals surface area contributed by atoms with Crippen molar-refractivity contribution in [1.29, 1.82) is 0 Å². The van der Waals surface area contributed by atoms with Crippen LogP contribution in [0.1, 0.15) is 74.4 Å². The molecule has 10 atom stereocenters. The molecular weight excluding hydrogens is 927 g/mol. The minimum Gasteiger partial charge on any atom is -0.496 e. The summed E-state index contributed by atoms with van der Waals surface area (Å²) in [5, 5.41) is 14.2. The van der Waals surface area contributed by atoms with Gasteiger partial charge < -0.3 is 33.9 Å². The second kappa shape index (κ2) is 17.4. The fraction of sp³-hybridized carbons (Fsp3) is 0.519. The summed E-state index contributed by atoms with van der Waals surface area (Å²) in [6, 6.07) is 16.3. The zero-order chi connectivity index (χ0) is 50.5. The monoisotopic (exact) mass is 988 g/mol. The molecule has 1 saturated carbocycles. The van der Waals surface area contributed by atoms with Crippen molar-refractivity contribution in [2.75, 3.05) is 59.5 Å². The number of aromatic amines is 1. The number of methoxy groups -OCH3 is 3. The maximum absolute atomic E-state index is 15.3. The Bertz CT molecular complexity index is 2890. The number of aromatic nitrogens is 1. The Hall–Kier alpha value is -5.40. The number of alkyl halides is 2. The molecule has 3 aromatic carbocycles. The molecule has 15 nitrogen and oxygen atoms in total. The van der Waals surface area contributed by atoms with Crippen LogP contribution in [0.4, 0.5) is 14.5 Å². The van der Waals surface area contributed by atoms with E-state index in [1.807, 2.05) is 74.3 Å². The molecule has 10 rings (SSSR count). The van der Waals surface area contributed by atoms with Crippen molar-refractivity contribution in [1.82, 2.24) is 14.8 Å². The van der Waals surface area contributed by atoms with Crippen molar-refractivity contribution in [3.05, 3.63) is 101 Å². The van der Waals surface area contributed by atoms with Crippen LogP contribution in [-0.4, -0.2) is 135 Å². The first-order valence-electron chi connectivity index (χ1n) is 23.7. The number of ether oxygens (including phenoxy) is 4. The highest BCUT2D eigenvalue weighted by atomic mass is 32.2. The van der Waals surface area contributed by atoms with E-state index in [9.17, 15) is 23.1 Å². The fourth-order valence-electron chi connectivity index (χ4n) is 13.9. The standard InChI is InChI=1S/C45H54F2N4O8.C7H8O3S/c1-8-42-14-11-16-51-17-15-43(36(42)51)30-19-31(34(56-5)20-33(30)49(4)37(43)45(55,40(54)58-7)38(42)59-25(2)52)44(39(53)57-6)21-26-18-27(41(3,46)47)23-50(22-26)24-29-28-12-9-10-13-32(28)48-35(29)44;1-6-2-4-7(5-3-6)11(8,9)10/h9-14,19-20,26-27,36-38,48,55H,8,15-18,21-24H2,1-7H3;2-5H,1H3,(H,8,9,10)/t26-,27-,36+,37-,38-,42-,43-,44+,45+;/m1./s1. The molecule has 18 heteroatoms. The molecule has 376 valence electrons. The number of halogens is 2. The molecule has 6 aliphatic rings. The van der Waals surface area contributed by atoms with Crippen LogP contribution in [0.25, 0.3) is 10.9 Å². The first-order valence-corrected chi connectivity index (χ1v) is 25.2. The zero-order valence-electron chi connectivity index (χ0n) is 40.8. The van der Waals surface area contributed by atoms with Gasteiger partial charge in [0, 0.05) is 96.9 Å². The van der Waals surface area contributed by atoms with Gasteiger partial charge in [-0.25, -0.2) is 13.6 Å². The van der Waals surface area contributed by atoms with Crippen LogP contribution in [-0.2, 0) is 56.1 Å². The third-order valence-electron chi connectivity index (χ3n) is 16.6. The number of aliphatic hydroxyl groups is 1. The summed E-state index contributed by atoms with van der Waals surface area (Å²) in [6.45, 7) is 8.39. The number of likely N-dealkylation sites (N-methyl/N-ethyl adjacent to an activating group) is 1. The minimum atomic E-state index is -4.02. The lowest BCUT2D eigenvalue weighted by atomic mass is 9.47. The predicted molar refractivity (Wildman–Crippen MR) is 255 cm³/mol. The van der Waals surface area contributed by atoms with Gasteiger partial charge >= 0.3 is 17.9 Å². The molecular formula is C52H62F2N4O11S. The van der Waals surface area contributed by atoms with Crippen molar-refractivity contribution >= 4 is 44.6 Å². The van der Waals surface area contributed by atoms with Crippen LogP contribution < -0.4 is 9.64 Å². The van der Waals surface area contributed by atoms with Crippen LogP contribution in [0.3, 0.4) is 0 Å². The van der Waals surface area contributed by atoms with E-state index >= 15 is 13.6 Å². The first-order chi connectivity index (χ1) is 33.1. The number of para-hydroxylation sites is 1. The maximum atomic E-state index is 15.3. The average molecular weight is 989 g/mol. The lowest BCUT2D eigenvalue weighted by molar-refractivity contribution is -0.228. The largest absolute Gasteiger partial charge is 0.496 e. The van der Waals surface area contributed by atoms with E-state index in [1.54, 1.807) is 12.1 Å². The Morgan fingerprint density at radius 3 is 2.30 bits per heavy atom. The number of carbonyl (C=O) groups excluding carboxylic acids is 3. The van der Waals surface area contributed by atoms with Gasteiger partial charge in [-0.3, -0.25) is 23.9 Å². The molecule has 1 aromatic heterocycles. The van der Waals surface area contributed by atoms with Gasteiger partial charge in [0.25, 0.3) is 10.1 Å². The molecule has 3 N–H and O–H groups in total. The second-order valence-corrected chi connectivity index (χ2v) is 21.7. The smallest absolute Gasteiger partial charge is 0.344 e. The normalized spacial score (nSPS) is 32.0. The van der Waals surface area contributed by atoms with Crippen LogP contribution in [0.15, 0.2) is 77.7 Å². The molecule has 3 fully saturated rings. The highest BCUT2D eigenvalue weighted by Crippen LogP contribution is 2.68. The Labute approximate surface area is 406 Å². The molecule has 0 radical (unpaired) electrons. The van der Waals surface area contributed by atoms with Crippen molar-refractivity contribution in [3.8, 4) is 5.75 Å². The number of hydrogen-bond acceptors (Lipinski definition) is 13. The van der Waals surface area contributed by atoms with Crippen molar-refractivity contribution in [2.24, 2.45) is 17.3 Å². The highest BCUT2D eigenvalue weighted by Gasteiger charge is 2.80. The molecule has 4 aromatic rings. The van der Waals surface area contributed by atoms with E-state index in [-0.39, 0.29) is 36.2 Å². The van der Waals surface area contributed by atoms with Gasteiger partial charge in [0.1, 0.15) is 11.2 Å². The molecule has 2 saturated heterocycles. The summed E-state index contributed by atoms with van der Waals surface area (Å²) in [5.41, 5.74) is -0.687. The van der Waals surface area contributed by atoms with Gasteiger partial charge in [0.15, 0.2) is 6.10 Å². The van der Waals surface area contributed by atoms with E-state index in [4.69, 9.17) is 23.5 Å². The molecule has 2 bridgehead atoms. The van der Waals surface area contributed by atoms with Crippen molar-refractivity contribution in [2.45, 2.75) is 105 Å². The maximum Gasteiger partial charge on any atom is 0.344 e. The van der Waals surface area contributed by atoms with Crippen LogP contribution >= 0.6 is 0 Å². The number of piperidine rings is 1. The van der Waals surface area contributed by atoms with Gasteiger partial charge in [0.05, 0.1) is 32.3 Å². The number of aryl methyl sites for hydroxylation is 1. The van der Waals surface area contributed by atoms with Crippen LogP contribution in [0, 0.1) is 24.2 Å². The van der Waals surface area contributed by atoms with E-state index in [0.29, 0.717) is 61.7 Å². The first kappa shape index (κ1) is 49.6. The highest BCUT2D eigenvalue weighted by molar-refractivity contribution is 7.85. The SMILES string of the molecule is CC[C@]12C=CCN3CC[C@@]4(c5cc([C@@]6(C(=O)OC)C[C@H]7C[C@@H](C(C)(F)F)CN(Cc8c6[nH]c6ccccc86)C7)c(OC)cc5N(C)[C@H]4[C@@](O)(C(=O)OC)[C@@H]1OC(C)=O)[C@@H]32.Cc1ccc(S(=O)(=O)O)cc1. The molecule has 1 aliphatic carbocycles. The predicted octanol–water partition coefficient (Wildman–Crippen LogP) is 6.32. The summed E-state index contributed by atoms with van der Waals surface area (Å²) in [7, 11) is 1.92.